The molecule has 0 radical (unpaired) electrons. The highest BCUT2D eigenvalue weighted by Gasteiger charge is 2.10. The average molecular weight is 283 g/mol. The predicted molar refractivity (Wildman–Crippen MR) is 78.0 cm³/mol. The summed E-state index contributed by atoms with van der Waals surface area (Å²) in [5, 5.41) is 7.62. The first kappa shape index (κ1) is 13.2. The fourth-order valence-electron chi connectivity index (χ4n) is 2.08. The lowest BCUT2D eigenvalue weighted by molar-refractivity contribution is 0.621. The molecule has 3 aromatic rings. The van der Waals surface area contributed by atoms with Crippen LogP contribution in [0.25, 0.3) is 11.3 Å². The molecule has 0 atom stereocenters. The molecule has 3 aromatic heterocycles. The largest absolute Gasteiger partial charge is 0.366 e. The summed E-state index contributed by atoms with van der Waals surface area (Å²) in [6.07, 6.45) is 6.64. The second-order valence-electron chi connectivity index (χ2n) is 4.63. The van der Waals surface area contributed by atoms with Gasteiger partial charge >= 0.3 is 0 Å². The van der Waals surface area contributed by atoms with Crippen LogP contribution in [0.2, 0.25) is 0 Å². The van der Waals surface area contributed by atoms with Crippen LogP contribution in [-0.2, 0) is 13.6 Å². The third-order valence-corrected chi connectivity index (χ3v) is 3.03. The Labute approximate surface area is 121 Å². The fourth-order valence-corrected chi connectivity index (χ4v) is 2.08. The second-order valence-corrected chi connectivity index (χ2v) is 4.63. The van der Waals surface area contributed by atoms with E-state index in [9.17, 15) is 4.39 Å². The van der Waals surface area contributed by atoms with Gasteiger partial charge in [-0.05, 0) is 24.3 Å². The first-order chi connectivity index (χ1) is 10.2. The Morgan fingerprint density at radius 1 is 1.24 bits per heavy atom. The van der Waals surface area contributed by atoms with Crippen LogP contribution in [0, 0.1) is 5.82 Å². The molecule has 0 bridgehead atoms. The Hall–Kier alpha value is -2.76. The SMILES string of the molecule is Cn1cc(CNc2ccc(F)cn2)c(-c2cccnc2)n1. The summed E-state index contributed by atoms with van der Waals surface area (Å²) in [5.74, 6) is 0.273. The lowest BCUT2D eigenvalue weighted by atomic mass is 10.1. The monoisotopic (exact) mass is 283 g/mol. The number of anilines is 1. The first-order valence-electron chi connectivity index (χ1n) is 6.51. The maximum Gasteiger partial charge on any atom is 0.141 e. The van der Waals surface area contributed by atoms with Gasteiger partial charge in [-0.25, -0.2) is 9.37 Å². The summed E-state index contributed by atoms with van der Waals surface area (Å²) in [6.45, 7) is 0.552. The van der Waals surface area contributed by atoms with Crippen LogP contribution in [0.4, 0.5) is 10.2 Å². The number of halogens is 1. The van der Waals surface area contributed by atoms with E-state index in [0.29, 0.717) is 12.4 Å². The van der Waals surface area contributed by atoms with Crippen molar-refractivity contribution in [2.24, 2.45) is 7.05 Å². The standard InChI is InChI=1S/C15H14FN5/c1-21-10-12(8-18-14-5-4-13(16)9-19-14)15(20-21)11-3-2-6-17-7-11/h2-7,9-10H,8H2,1H3,(H,18,19). The molecule has 6 heteroatoms. The Balaban J connectivity index is 1.81. The lowest BCUT2D eigenvalue weighted by Crippen LogP contribution is -2.01. The third-order valence-electron chi connectivity index (χ3n) is 3.03. The van der Waals surface area contributed by atoms with Gasteiger partial charge in [-0.2, -0.15) is 5.10 Å². The van der Waals surface area contributed by atoms with E-state index >= 15 is 0 Å². The van der Waals surface area contributed by atoms with E-state index < -0.39 is 0 Å². The summed E-state index contributed by atoms with van der Waals surface area (Å²) in [4.78, 5) is 8.09. The Kier molecular flexibility index (Phi) is 3.59. The van der Waals surface area contributed by atoms with Crippen molar-refractivity contribution in [2.75, 3.05) is 5.32 Å². The molecule has 0 aliphatic rings. The Bertz CT molecular complexity index is 722. The van der Waals surface area contributed by atoms with Crippen LogP contribution >= 0.6 is 0 Å². The highest BCUT2D eigenvalue weighted by atomic mass is 19.1. The normalized spacial score (nSPS) is 10.6. The molecule has 0 saturated carbocycles. The number of nitrogens with one attached hydrogen (secondary N) is 1. The van der Waals surface area contributed by atoms with Crippen molar-refractivity contribution in [3.8, 4) is 11.3 Å². The number of hydrogen-bond acceptors (Lipinski definition) is 4. The van der Waals surface area contributed by atoms with Crippen molar-refractivity contribution in [2.45, 2.75) is 6.54 Å². The topological polar surface area (TPSA) is 55.6 Å². The highest BCUT2D eigenvalue weighted by Crippen LogP contribution is 2.21. The number of rotatable bonds is 4. The van der Waals surface area contributed by atoms with Gasteiger partial charge in [0.05, 0.1) is 11.9 Å². The molecule has 0 aliphatic carbocycles. The minimum Gasteiger partial charge on any atom is -0.366 e. The molecule has 0 spiro atoms. The van der Waals surface area contributed by atoms with Crippen molar-refractivity contribution in [3.05, 3.63) is 60.4 Å². The molecule has 21 heavy (non-hydrogen) atoms. The molecule has 106 valence electrons. The molecule has 0 amide bonds. The zero-order valence-corrected chi connectivity index (χ0v) is 11.5. The molecule has 5 nitrogen and oxygen atoms in total. The van der Waals surface area contributed by atoms with E-state index in [0.717, 1.165) is 16.8 Å². The van der Waals surface area contributed by atoms with E-state index in [4.69, 9.17) is 0 Å². The first-order valence-corrected chi connectivity index (χ1v) is 6.51. The van der Waals surface area contributed by atoms with Crippen LogP contribution < -0.4 is 5.32 Å². The summed E-state index contributed by atoms with van der Waals surface area (Å²) in [6, 6.07) is 6.83. The zero-order valence-electron chi connectivity index (χ0n) is 11.5. The molecule has 3 heterocycles. The van der Waals surface area contributed by atoms with E-state index in [1.807, 2.05) is 25.4 Å². The smallest absolute Gasteiger partial charge is 0.141 e. The molecule has 0 saturated heterocycles. The summed E-state index contributed by atoms with van der Waals surface area (Å²) in [7, 11) is 1.87. The van der Waals surface area contributed by atoms with Crippen LogP contribution in [0.5, 0.6) is 0 Å². The van der Waals surface area contributed by atoms with Crippen molar-refractivity contribution < 1.29 is 4.39 Å². The van der Waals surface area contributed by atoms with Crippen molar-refractivity contribution in [1.82, 2.24) is 19.7 Å². The molecular weight excluding hydrogens is 269 g/mol. The Morgan fingerprint density at radius 3 is 2.86 bits per heavy atom. The number of aryl methyl sites for hydroxylation is 1. The maximum atomic E-state index is 12.8. The highest BCUT2D eigenvalue weighted by molar-refractivity contribution is 5.62. The maximum absolute atomic E-state index is 12.8. The van der Waals surface area contributed by atoms with Gasteiger partial charge in [0.15, 0.2) is 0 Å². The van der Waals surface area contributed by atoms with Crippen LogP contribution in [0.1, 0.15) is 5.56 Å². The molecule has 0 unspecified atom stereocenters. The molecule has 0 fully saturated rings. The Morgan fingerprint density at radius 2 is 2.14 bits per heavy atom. The van der Waals surface area contributed by atoms with Crippen molar-refractivity contribution in [1.29, 1.82) is 0 Å². The molecule has 0 aliphatic heterocycles. The van der Waals surface area contributed by atoms with Crippen molar-refractivity contribution >= 4 is 5.82 Å². The van der Waals surface area contributed by atoms with E-state index in [1.54, 1.807) is 23.1 Å². The van der Waals surface area contributed by atoms with Crippen LogP contribution in [-0.4, -0.2) is 19.7 Å². The second kappa shape index (κ2) is 5.70. The zero-order chi connectivity index (χ0) is 14.7. The molecular formula is C15H14FN5. The van der Waals surface area contributed by atoms with E-state index in [1.165, 1.54) is 12.3 Å². The summed E-state index contributed by atoms with van der Waals surface area (Å²) < 4.78 is 14.6. The van der Waals surface area contributed by atoms with Gasteiger partial charge in [0.25, 0.3) is 0 Å². The van der Waals surface area contributed by atoms with E-state index in [2.05, 4.69) is 20.4 Å². The van der Waals surface area contributed by atoms with Crippen LogP contribution in [0.15, 0.2) is 49.1 Å². The lowest BCUT2D eigenvalue weighted by Gasteiger charge is -2.05. The van der Waals surface area contributed by atoms with Crippen LogP contribution in [0.3, 0.4) is 0 Å². The van der Waals surface area contributed by atoms with Gasteiger partial charge < -0.3 is 5.32 Å². The average Bonchev–Trinajstić information content (AvgIpc) is 2.89. The van der Waals surface area contributed by atoms with Gasteiger partial charge in [0, 0.05) is 43.3 Å². The van der Waals surface area contributed by atoms with Gasteiger partial charge in [0.1, 0.15) is 11.6 Å². The van der Waals surface area contributed by atoms with E-state index in [-0.39, 0.29) is 5.82 Å². The molecule has 1 N–H and O–H groups in total. The quantitative estimate of drug-likeness (QED) is 0.799. The van der Waals surface area contributed by atoms with Gasteiger partial charge in [-0.15, -0.1) is 0 Å². The van der Waals surface area contributed by atoms with Crippen molar-refractivity contribution in [3.63, 3.8) is 0 Å². The molecule has 3 rings (SSSR count). The number of nitrogens with zero attached hydrogens (tertiary/aromatic N) is 4. The van der Waals surface area contributed by atoms with Gasteiger partial charge in [-0.1, -0.05) is 0 Å². The number of hydrogen-bond donors (Lipinski definition) is 1. The fraction of sp³-hybridized carbons (Fsp3) is 0.133. The minimum atomic E-state index is -0.349. The predicted octanol–water partition coefficient (Wildman–Crippen LogP) is 2.63. The van der Waals surface area contributed by atoms with Gasteiger partial charge in [-0.3, -0.25) is 9.67 Å². The number of aromatic nitrogens is 4. The van der Waals surface area contributed by atoms with Gasteiger partial charge in [0.2, 0.25) is 0 Å². The summed E-state index contributed by atoms with van der Waals surface area (Å²) >= 11 is 0. The minimum absolute atomic E-state index is 0.349. The summed E-state index contributed by atoms with van der Waals surface area (Å²) in [5.41, 5.74) is 2.86. The third kappa shape index (κ3) is 3.05. The molecule has 0 aromatic carbocycles. The number of pyridine rings is 2.